The molecule has 0 unspecified atom stereocenters. The number of aromatic nitrogens is 2. The molecule has 2 rings (SSSR count). The molecule has 2 N–H and O–H groups in total. The van der Waals surface area contributed by atoms with Gasteiger partial charge in [-0.1, -0.05) is 6.92 Å². The second-order valence-corrected chi connectivity index (χ2v) is 4.52. The van der Waals surface area contributed by atoms with Crippen LogP contribution in [0.15, 0.2) is 6.20 Å². The molecule has 1 fully saturated rings. The van der Waals surface area contributed by atoms with E-state index in [-0.39, 0.29) is 5.91 Å². The lowest BCUT2D eigenvalue weighted by Crippen LogP contribution is -2.34. The zero-order valence-corrected chi connectivity index (χ0v) is 10.5. The maximum atomic E-state index is 12.3. The van der Waals surface area contributed by atoms with E-state index < -0.39 is 0 Å². The Morgan fingerprint density at radius 2 is 2.29 bits per heavy atom. The molecule has 0 spiro atoms. The fourth-order valence-corrected chi connectivity index (χ4v) is 1.98. The van der Waals surface area contributed by atoms with Gasteiger partial charge in [0.25, 0.3) is 5.91 Å². The summed E-state index contributed by atoms with van der Waals surface area (Å²) >= 11 is 0. The maximum Gasteiger partial charge on any atom is 0.276 e. The highest BCUT2D eigenvalue weighted by Gasteiger charge is 2.34. The third kappa shape index (κ3) is 2.43. The van der Waals surface area contributed by atoms with Gasteiger partial charge in [-0.3, -0.25) is 9.48 Å². The molecule has 1 heterocycles. The van der Waals surface area contributed by atoms with Crippen molar-refractivity contribution in [2.75, 3.05) is 12.3 Å². The molecule has 1 saturated carbocycles. The number of carbonyl (C=O) groups excluding carboxylic acids is 1. The van der Waals surface area contributed by atoms with Gasteiger partial charge in [0, 0.05) is 25.3 Å². The van der Waals surface area contributed by atoms with Gasteiger partial charge in [0.05, 0.1) is 5.69 Å². The quantitative estimate of drug-likeness (QED) is 0.842. The van der Waals surface area contributed by atoms with E-state index in [1.54, 1.807) is 10.9 Å². The van der Waals surface area contributed by atoms with Gasteiger partial charge < -0.3 is 10.6 Å². The van der Waals surface area contributed by atoms with Gasteiger partial charge in [-0.2, -0.15) is 5.10 Å². The van der Waals surface area contributed by atoms with Crippen molar-refractivity contribution in [1.29, 1.82) is 0 Å². The van der Waals surface area contributed by atoms with Gasteiger partial charge in [-0.25, -0.2) is 0 Å². The van der Waals surface area contributed by atoms with Crippen molar-refractivity contribution in [3.8, 4) is 0 Å². The average Bonchev–Trinajstić information content (AvgIpc) is 3.08. The Morgan fingerprint density at radius 3 is 2.76 bits per heavy atom. The Hall–Kier alpha value is -1.52. The molecule has 0 bridgehead atoms. The molecule has 5 heteroatoms. The summed E-state index contributed by atoms with van der Waals surface area (Å²) in [7, 11) is 0. The summed E-state index contributed by atoms with van der Waals surface area (Å²) < 4.78 is 1.71. The zero-order chi connectivity index (χ0) is 12.4. The largest absolute Gasteiger partial charge is 0.396 e. The lowest BCUT2D eigenvalue weighted by molar-refractivity contribution is 0.0737. The molecule has 94 valence electrons. The Morgan fingerprint density at radius 1 is 1.59 bits per heavy atom. The number of hydrogen-bond donors (Lipinski definition) is 1. The Kier molecular flexibility index (Phi) is 3.36. The summed E-state index contributed by atoms with van der Waals surface area (Å²) in [6.45, 7) is 5.58. The predicted molar refractivity (Wildman–Crippen MR) is 66.7 cm³/mol. The lowest BCUT2D eigenvalue weighted by atomic mass is 10.3. The molecular weight excluding hydrogens is 216 g/mol. The highest BCUT2D eigenvalue weighted by atomic mass is 16.2. The van der Waals surface area contributed by atoms with E-state index in [0.717, 1.165) is 32.4 Å². The zero-order valence-electron chi connectivity index (χ0n) is 10.5. The standard InChI is InChI=1S/C12H20N4O/c1-3-7-16(9-5-6-9)12(17)11-10(13)8-15(4-2)14-11/h8-9H,3-7,13H2,1-2H3. The number of aryl methyl sites for hydroxylation is 1. The molecule has 0 radical (unpaired) electrons. The van der Waals surface area contributed by atoms with Crippen molar-refractivity contribution in [2.45, 2.75) is 45.7 Å². The first kappa shape index (κ1) is 12.0. The minimum absolute atomic E-state index is 0.0148. The van der Waals surface area contributed by atoms with Crippen LogP contribution in [0.5, 0.6) is 0 Å². The molecule has 1 aliphatic carbocycles. The Bertz CT molecular complexity index is 409. The van der Waals surface area contributed by atoms with E-state index >= 15 is 0 Å². The lowest BCUT2D eigenvalue weighted by Gasteiger charge is -2.20. The molecule has 0 aliphatic heterocycles. The van der Waals surface area contributed by atoms with Crippen LogP contribution in [0.1, 0.15) is 43.6 Å². The average molecular weight is 236 g/mol. The normalized spacial score (nSPS) is 14.9. The highest BCUT2D eigenvalue weighted by Crippen LogP contribution is 2.29. The fourth-order valence-electron chi connectivity index (χ4n) is 1.98. The topological polar surface area (TPSA) is 64.2 Å². The first-order valence-corrected chi connectivity index (χ1v) is 6.31. The summed E-state index contributed by atoms with van der Waals surface area (Å²) in [4.78, 5) is 14.3. The van der Waals surface area contributed by atoms with Crippen LogP contribution >= 0.6 is 0 Å². The van der Waals surface area contributed by atoms with Crippen LogP contribution in [0, 0.1) is 0 Å². The van der Waals surface area contributed by atoms with Gasteiger partial charge in [0.2, 0.25) is 0 Å². The fraction of sp³-hybridized carbons (Fsp3) is 0.667. The molecule has 17 heavy (non-hydrogen) atoms. The van der Waals surface area contributed by atoms with Crippen LogP contribution in [0.3, 0.4) is 0 Å². The molecular formula is C12H20N4O. The van der Waals surface area contributed by atoms with Crippen LogP contribution < -0.4 is 5.73 Å². The second kappa shape index (κ2) is 4.77. The predicted octanol–water partition coefficient (Wildman–Crippen LogP) is 1.50. The molecule has 1 aromatic rings. The summed E-state index contributed by atoms with van der Waals surface area (Å²) in [5.41, 5.74) is 6.74. The van der Waals surface area contributed by atoms with Crippen LogP contribution in [-0.4, -0.2) is 33.2 Å². The first-order chi connectivity index (χ1) is 8.17. The van der Waals surface area contributed by atoms with Crippen LogP contribution in [-0.2, 0) is 6.54 Å². The minimum Gasteiger partial charge on any atom is -0.396 e. The van der Waals surface area contributed by atoms with Crippen molar-refractivity contribution in [3.63, 3.8) is 0 Å². The molecule has 5 nitrogen and oxygen atoms in total. The number of rotatable bonds is 5. The van der Waals surface area contributed by atoms with Gasteiger partial charge in [0.15, 0.2) is 5.69 Å². The van der Waals surface area contributed by atoms with Crippen LogP contribution in [0.2, 0.25) is 0 Å². The van der Waals surface area contributed by atoms with E-state index in [0.29, 0.717) is 17.4 Å². The second-order valence-electron chi connectivity index (χ2n) is 4.52. The third-order valence-electron chi connectivity index (χ3n) is 3.03. The van der Waals surface area contributed by atoms with Crippen molar-refractivity contribution < 1.29 is 4.79 Å². The number of amides is 1. The van der Waals surface area contributed by atoms with Gasteiger partial charge in [-0.15, -0.1) is 0 Å². The number of hydrogen-bond acceptors (Lipinski definition) is 3. The van der Waals surface area contributed by atoms with Crippen LogP contribution in [0.25, 0.3) is 0 Å². The highest BCUT2D eigenvalue weighted by molar-refractivity contribution is 5.97. The third-order valence-corrected chi connectivity index (χ3v) is 3.03. The smallest absolute Gasteiger partial charge is 0.276 e. The molecule has 1 aromatic heterocycles. The molecule has 0 atom stereocenters. The number of nitrogens with two attached hydrogens (primary N) is 1. The molecule has 1 aliphatic rings. The monoisotopic (exact) mass is 236 g/mol. The summed E-state index contributed by atoms with van der Waals surface area (Å²) in [6.07, 6.45) is 4.92. The first-order valence-electron chi connectivity index (χ1n) is 6.31. The maximum absolute atomic E-state index is 12.3. The van der Waals surface area contributed by atoms with Crippen molar-refractivity contribution in [1.82, 2.24) is 14.7 Å². The number of nitrogen functional groups attached to an aromatic ring is 1. The van der Waals surface area contributed by atoms with Crippen molar-refractivity contribution in [2.24, 2.45) is 0 Å². The molecule has 0 aromatic carbocycles. The van der Waals surface area contributed by atoms with Crippen LogP contribution in [0.4, 0.5) is 5.69 Å². The summed E-state index contributed by atoms with van der Waals surface area (Å²) in [6, 6.07) is 0.411. The van der Waals surface area contributed by atoms with E-state index in [4.69, 9.17) is 5.73 Å². The van der Waals surface area contributed by atoms with Gasteiger partial charge >= 0.3 is 0 Å². The van der Waals surface area contributed by atoms with E-state index in [9.17, 15) is 4.79 Å². The Balaban J connectivity index is 2.18. The van der Waals surface area contributed by atoms with Gasteiger partial charge in [-0.05, 0) is 26.2 Å². The van der Waals surface area contributed by atoms with Gasteiger partial charge in [0.1, 0.15) is 0 Å². The molecule has 0 saturated heterocycles. The number of anilines is 1. The van der Waals surface area contributed by atoms with E-state index in [2.05, 4.69) is 12.0 Å². The molecule has 1 amide bonds. The van der Waals surface area contributed by atoms with E-state index in [1.165, 1.54) is 0 Å². The summed E-state index contributed by atoms with van der Waals surface area (Å²) in [5, 5.41) is 4.24. The minimum atomic E-state index is -0.0148. The van der Waals surface area contributed by atoms with E-state index in [1.807, 2.05) is 11.8 Å². The number of nitrogens with zero attached hydrogens (tertiary/aromatic N) is 3. The summed E-state index contributed by atoms with van der Waals surface area (Å²) in [5.74, 6) is -0.0148. The number of carbonyl (C=O) groups is 1. The SMILES string of the molecule is CCCN(C(=O)c1nn(CC)cc1N)C1CC1. The van der Waals surface area contributed by atoms with Crippen molar-refractivity contribution in [3.05, 3.63) is 11.9 Å². The Labute approximate surface area is 102 Å². The van der Waals surface area contributed by atoms with Crippen molar-refractivity contribution >= 4 is 11.6 Å².